The van der Waals surface area contributed by atoms with Crippen LogP contribution in [0.4, 0.5) is 5.69 Å². The Hall–Kier alpha value is -2.96. The number of thiazole rings is 1. The maximum absolute atomic E-state index is 13.4. The topological polar surface area (TPSA) is 122 Å². The van der Waals surface area contributed by atoms with Crippen molar-refractivity contribution >= 4 is 33.9 Å². The van der Waals surface area contributed by atoms with Crippen molar-refractivity contribution in [1.29, 1.82) is 0 Å². The van der Waals surface area contributed by atoms with Gasteiger partial charge >= 0.3 is 0 Å². The number of ether oxygens (including phenoxy) is 1. The first-order valence-corrected chi connectivity index (χ1v) is 16.1. The average Bonchev–Trinajstić information content (AvgIpc) is 3.90. The van der Waals surface area contributed by atoms with E-state index in [1.807, 2.05) is 19.1 Å². The predicted octanol–water partition coefficient (Wildman–Crippen LogP) is 4.37. The predicted molar refractivity (Wildman–Crippen MR) is 155 cm³/mol. The smallest absolute Gasteiger partial charge is 0.280 e. The minimum absolute atomic E-state index is 0.221. The number of nitrogens with one attached hydrogen (secondary N) is 2. The summed E-state index contributed by atoms with van der Waals surface area (Å²) < 4.78 is 21.1. The van der Waals surface area contributed by atoms with E-state index in [1.165, 1.54) is 37.0 Å². The number of nitrogens with zero attached hydrogens (tertiary/aromatic N) is 5. The number of anilines is 1. The first-order valence-electron chi connectivity index (χ1n) is 14.1. The van der Waals surface area contributed by atoms with Gasteiger partial charge in [0.2, 0.25) is 5.88 Å². The van der Waals surface area contributed by atoms with Crippen LogP contribution in [-0.4, -0.2) is 66.4 Å². The van der Waals surface area contributed by atoms with Crippen molar-refractivity contribution in [3.8, 4) is 16.5 Å². The Bertz CT molecular complexity index is 1380. The lowest BCUT2D eigenvalue weighted by Crippen LogP contribution is -2.39. The largest absolute Gasteiger partial charge is 0.477 e. The molecule has 1 spiro atoms. The molecule has 10 nitrogen and oxygen atoms in total. The third kappa shape index (κ3) is 6.67. The maximum Gasteiger partial charge on any atom is 0.280 e. The lowest BCUT2D eigenvalue weighted by Gasteiger charge is -2.33. The summed E-state index contributed by atoms with van der Waals surface area (Å²) in [6.07, 6.45) is 14.5. The fourth-order valence-electron chi connectivity index (χ4n) is 5.28. The van der Waals surface area contributed by atoms with Crippen LogP contribution in [0.2, 0.25) is 0 Å². The van der Waals surface area contributed by atoms with Crippen LogP contribution in [0.5, 0.6) is 5.88 Å². The van der Waals surface area contributed by atoms with Crippen molar-refractivity contribution in [3.05, 3.63) is 47.6 Å². The Balaban J connectivity index is 1.18. The molecule has 3 aromatic rings. The highest BCUT2D eigenvalue weighted by atomic mass is 32.2. The van der Waals surface area contributed by atoms with E-state index in [-0.39, 0.29) is 17.2 Å². The quantitative estimate of drug-likeness (QED) is 0.323. The Morgan fingerprint density at radius 1 is 1.25 bits per heavy atom. The van der Waals surface area contributed by atoms with Crippen molar-refractivity contribution in [1.82, 2.24) is 30.2 Å². The molecule has 1 amide bonds. The molecule has 3 fully saturated rings. The normalized spacial score (nSPS) is 19.6. The summed E-state index contributed by atoms with van der Waals surface area (Å²) in [7, 11) is -1.10. The van der Waals surface area contributed by atoms with Crippen LogP contribution in [0.3, 0.4) is 0 Å². The highest BCUT2D eigenvalue weighted by Gasteiger charge is 2.45. The zero-order chi connectivity index (χ0) is 27.5. The third-order valence-corrected chi connectivity index (χ3v) is 10.3. The van der Waals surface area contributed by atoms with Gasteiger partial charge in [-0.25, -0.2) is 14.2 Å². The van der Waals surface area contributed by atoms with Gasteiger partial charge in [-0.05, 0) is 76.0 Å². The summed E-state index contributed by atoms with van der Waals surface area (Å²) in [5, 5.41) is 3.76. The van der Waals surface area contributed by atoms with E-state index in [4.69, 9.17) is 4.74 Å². The van der Waals surface area contributed by atoms with Crippen LogP contribution in [-0.2, 0) is 11.0 Å². The lowest BCUT2D eigenvalue weighted by atomic mass is 9.94. The average molecular weight is 582 g/mol. The third-order valence-electron chi connectivity index (χ3n) is 7.78. The summed E-state index contributed by atoms with van der Waals surface area (Å²) in [6.45, 7) is 5.50. The number of likely N-dealkylation sites (tertiary alicyclic amines) is 1. The van der Waals surface area contributed by atoms with Crippen LogP contribution >= 0.6 is 11.3 Å². The summed E-state index contributed by atoms with van der Waals surface area (Å²) in [5.74, 6) is 0.182. The van der Waals surface area contributed by atoms with Crippen LogP contribution in [0.25, 0.3) is 10.6 Å². The molecular formula is C28H35N7O3S2. The van der Waals surface area contributed by atoms with Gasteiger partial charge in [-0.1, -0.05) is 0 Å². The van der Waals surface area contributed by atoms with Gasteiger partial charge < -0.3 is 19.7 Å². The summed E-state index contributed by atoms with van der Waals surface area (Å²) in [4.78, 5) is 34.4. The molecule has 2 unspecified atom stereocenters. The van der Waals surface area contributed by atoms with E-state index < -0.39 is 11.0 Å². The molecule has 2 saturated carbocycles. The molecule has 0 bridgehead atoms. The molecule has 2 atom stereocenters. The second-order valence-electron chi connectivity index (χ2n) is 11.0. The van der Waals surface area contributed by atoms with E-state index in [0.717, 1.165) is 55.2 Å². The minimum atomic E-state index is -1.10. The molecule has 12 heteroatoms. The van der Waals surface area contributed by atoms with Gasteiger partial charge in [-0.2, -0.15) is 0 Å². The van der Waals surface area contributed by atoms with E-state index in [0.29, 0.717) is 28.6 Å². The van der Waals surface area contributed by atoms with Crippen molar-refractivity contribution in [2.24, 2.45) is 5.41 Å². The van der Waals surface area contributed by atoms with Crippen LogP contribution < -0.4 is 14.8 Å². The van der Waals surface area contributed by atoms with E-state index in [9.17, 15) is 9.00 Å². The van der Waals surface area contributed by atoms with Crippen LogP contribution in [0, 0.1) is 5.41 Å². The molecule has 1 aliphatic heterocycles. The fourth-order valence-corrected chi connectivity index (χ4v) is 7.14. The van der Waals surface area contributed by atoms with Gasteiger partial charge in [-0.3, -0.25) is 14.8 Å². The molecule has 1 saturated heterocycles. The van der Waals surface area contributed by atoms with Gasteiger partial charge in [0.15, 0.2) is 5.01 Å². The monoisotopic (exact) mass is 581 g/mol. The number of rotatable bonds is 12. The second kappa shape index (κ2) is 11.9. The number of pyridine rings is 1. The van der Waals surface area contributed by atoms with E-state index in [1.54, 1.807) is 24.8 Å². The summed E-state index contributed by atoms with van der Waals surface area (Å²) in [6, 6.07) is 3.43. The zero-order valence-corrected chi connectivity index (χ0v) is 24.3. The maximum atomic E-state index is 13.4. The first-order chi connectivity index (χ1) is 19.5. The molecule has 212 valence electrons. The molecule has 2 aliphatic carbocycles. The first kappa shape index (κ1) is 27.2. The number of hydrogen-bond donors (Lipinski definition) is 2. The zero-order valence-electron chi connectivity index (χ0n) is 22.7. The Labute approximate surface area is 241 Å². The van der Waals surface area contributed by atoms with Gasteiger partial charge in [-0.15, -0.1) is 11.3 Å². The van der Waals surface area contributed by atoms with Crippen LogP contribution in [0.1, 0.15) is 73.4 Å². The van der Waals surface area contributed by atoms with Crippen molar-refractivity contribution in [2.45, 2.75) is 63.2 Å². The number of piperidine rings is 1. The Kier molecular flexibility index (Phi) is 8.08. The molecular weight excluding hydrogens is 546 g/mol. The highest BCUT2D eigenvalue weighted by molar-refractivity contribution is 7.87. The number of aromatic nitrogens is 4. The molecule has 3 aromatic heterocycles. The molecule has 3 aliphatic rings. The number of carbonyl (C=O) groups is 1. The van der Waals surface area contributed by atoms with E-state index in [2.05, 4.69) is 34.9 Å². The number of amides is 1. The lowest BCUT2D eigenvalue weighted by molar-refractivity contribution is 0.0924. The van der Waals surface area contributed by atoms with Crippen molar-refractivity contribution < 1.29 is 13.7 Å². The molecule has 0 radical (unpaired) electrons. The Morgan fingerprint density at radius 3 is 2.92 bits per heavy atom. The minimum Gasteiger partial charge on any atom is -0.477 e. The SMILES string of the molecule is CCOc1cncc(-c2cnc(C(=O)NC(CCN3CCCC4(CC4)C3)c3cc(NS(=O)C4CC4)ccn3)s2)n1. The van der Waals surface area contributed by atoms with Gasteiger partial charge in [0.1, 0.15) is 16.7 Å². The standard InChI is InChI=1S/C28H35N7O3S2/c1-2-38-25-17-29-15-23(32-25)24-16-31-27(39-24)26(36)33-21(7-13-35-12-3-8-28(18-35)9-10-28)22-14-19(6-11-30-22)34-40(37)20-4-5-20/h6,11,14-17,20-21H,2-5,7-10,12-13,18H2,1H3,(H,30,34)(H,33,36). The van der Waals surface area contributed by atoms with Gasteiger partial charge in [0.25, 0.3) is 5.91 Å². The molecule has 40 heavy (non-hydrogen) atoms. The van der Waals surface area contributed by atoms with Crippen molar-refractivity contribution in [3.63, 3.8) is 0 Å². The van der Waals surface area contributed by atoms with Gasteiger partial charge in [0.05, 0.1) is 40.9 Å². The highest BCUT2D eigenvalue weighted by Crippen LogP contribution is 2.52. The number of hydrogen-bond acceptors (Lipinski definition) is 9. The van der Waals surface area contributed by atoms with Crippen molar-refractivity contribution in [2.75, 3.05) is 31.0 Å². The Morgan fingerprint density at radius 2 is 2.12 bits per heavy atom. The summed E-state index contributed by atoms with van der Waals surface area (Å²) in [5.41, 5.74) is 2.65. The molecule has 4 heterocycles. The van der Waals surface area contributed by atoms with E-state index >= 15 is 0 Å². The van der Waals surface area contributed by atoms with Crippen LogP contribution in [0.15, 0.2) is 36.9 Å². The summed E-state index contributed by atoms with van der Waals surface area (Å²) >= 11 is 1.27. The van der Waals surface area contributed by atoms with Gasteiger partial charge in [0, 0.05) is 31.2 Å². The molecule has 2 N–H and O–H groups in total. The molecule has 6 rings (SSSR count). The second-order valence-corrected chi connectivity index (χ2v) is 13.5. The number of carbonyl (C=O) groups excluding carboxylic acids is 1. The fraction of sp³-hybridized carbons (Fsp3) is 0.536. The molecule has 0 aromatic carbocycles.